The molecule has 0 aliphatic rings. The molecule has 6 aromatic carbocycles. The zero-order valence-electron chi connectivity index (χ0n) is 34.6. The van der Waals surface area contributed by atoms with E-state index in [4.69, 9.17) is 0 Å². The smallest absolute Gasteiger partial charge is 0.416 e. The molecule has 0 fully saturated rings. The summed E-state index contributed by atoms with van der Waals surface area (Å²) < 4.78 is 78.8. The van der Waals surface area contributed by atoms with E-state index in [1.54, 1.807) is 66.7 Å². The summed E-state index contributed by atoms with van der Waals surface area (Å²) in [6.07, 6.45) is -6.14. The van der Waals surface area contributed by atoms with Gasteiger partial charge < -0.3 is 20.8 Å². The number of aromatic nitrogens is 4. The number of carboxylic acid groups (broad SMARTS) is 2. The van der Waals surface area contributed by atoms with E-state index in [9.17, 15) is 46.1 Å². The van der Waals surface area contributed by atoms with Gasteiger partial charge in [-0.15, -0.1) is 10.2 Å². The van der Waals surface area contributed by atoms with E-state index in [1.807, 2.05) is 0 Å². The Morgan fingerprint density at radius 2 is 1.00 bits per heavy atom. The summed E-state index contributed by atoms with van der Waals surface area (Å²) in [5.41, 5.74) is 2.25. The highest BCUT2D eigenvalue weighted by atomic mass is 19.4. The summed E-state index contributed by atoms with van der Waals surface area (Å²) in [5, 5.41) is 42.9. The molecule has 8 aromatic rings. The highest BCUT2D eigenvalue weighted by molar-refractivity contribution is 5.98. The van der Waals surface area contributed by atoms with Crippen LogP contribution in [0.5, 0.6) is 0 Å². The Kier molecular flexibility index (Phi) is 12.7. The number of hydrogen-bond acceptors (Lipinski definition) is 12. The number of alkyl halides is 6. The van der Waals surface area contributed by atoms with Gasteiger partial charge >= 0.3 is 24.3 Å². The number of benzene rings is 6. The molecule has 0 aliphatic carbocycles. The van der Waals surface area contributed by atoms with Crippen LogP contribution >= 0.6 is 0 Å². The maximum Gasteiger partial charge on any atom is 0.416 e. The zero-order valence-corrected chi connectivity index (χ0v) is 34.6. The highest BCUT2D eigenvalue weighted by Gasteiger charge is 2.31. The lowest BCUT2D eigenvalue weighted by atomic mass is 9.96. The van der Waals surface area contributed by atoms with Gasteiger partial charge in [-0.2, -0.15) is 36.6 Å². The minimum absolute atomic E-state index is 0.0253. The molecule has 68 heavy (non-hydrogen) atoms. The van der Waals surface area contributed by atoms with Crippen molar-refractivity contribution in [3.05, 3.63) is 180 Å². The first kappa shape index (κ1) is 45.4. The second-order valence-corrected chi connectivity index (χ2v) is 14.5. The van der Waals surface area contributed by atoms with Gasteiger partial charge in [0.2, 0.25) is 11.9 Å². The average molecular weight is 925 g/mol. The van der Waals surface area contributed by atoms with Crippen molar-refractivity contribution in [2.75, 3.05) is 10.6 Å². The normalized spacial score (nSPS) is 11.8. The molecule has 14 nitrogen and oxygen atoms in total. The number of carbonyl (C=O) groups is 2. The average Bonchev–Trinajstić information content (AvgIpc) is 3.33. The largest absolute Gasteiger partial charge is 0.478 e. The Hall–Kier alpha value is -9.20. The van der Waals surface area contributed by atoms with Gasteiger partial charge in [-0.25, -0.2) is 29.5 Å². The maximum atomic E-state index is 13.2. The van der Waals surface area contributed by atoms with Crippen molar-refractivity contribution in [1.82, 2.24) is 19.9 Å². The van der Waals surface area contributed by atoms with E-state index in [2.05, 4.69) is 51.0 Å². The van der Waals surface area contributed by atoms with Crippen LogP contribution in [0.25, 0.3) is 33.6 Å². The van der Waals surface area contributed by atoms with Crippen LogP contribution < -0.4 is 10.6 Å². The standard InChI is InChI=1S/C48H30F6N10O4/c49-47(50,51)29-8-14-31(15-9-29)57-45-55-23-21-39(59-45)36-3-1-2-4-41(36)63-62-34-18-19-35(37(26-34)44(67)68)28-7-20-42(64-61-33-12-5-27(6-13-33)43(65)66)38(25-28)40-22-24-56-46(60-40)58-32-16-10-30(11-17-32)48(52,53)54/h1-26H,(H,65,66)(H,67,68)(H,55,57,59)(H,56,58,60)/b63-62+,64-61+. The van der Waals surface area contributed by atoms with E-state index < -0.39 is 35.4 Å². The van der Waals surface area contributed by atoms with Crippen LogP contribution in [0.2, 0.25) is 0 Å². The Labute approximate surface area is 380 Å². The summed E-state index contributed by atoms with van der Waals surface area (Å²) >= 11 is 0. The van der Waals surface area contributed by atoms with E-state index in [1.165, 1.54) is 67.0 Å². The third kappa shape index (κ3) is 10.8. The quantitative estimate of drug-likeness (QED) is 0.0637. The minimum Gasteiger partial charge on any atom is -0.478 e. The Balaban J connectivity index is 1.10. The lowest BCUT2D eigenvalue weighted by Gasteiger charge is -2.12. The number of nitrogens with one attached hydrogen (secondary N) is 2. The zero-order chi connectivity index (χ0) is 48.0. The fourth-order valence-electron chi connectivity index (χ4n) is 6.57. The summed E-state index contributed by atoms with van der Waals surface area (Å²) in [7, 11) is 0. The van der Waals surface area contributed by atoms with Crippen LogP contribution in [-0.2, 0) is 12.4 Å². The number of azo groups is 2. The molecule has 4 N–H and O–H groups in total. The number of hydrogen-bond donors (Lipinski definition) is 4. The number of aromatic carboxylic acids is 2. The number of anilines is 4. The van der Waals surface area contributed by atoms with Crippen LogP contribution in [0.15, 0.2) is 178 Å². The minimum atomic E-state index is -4.53. The van der Waals surface area contributed by atoms with Crippen molar-refractivity contribution in [2.45, 2.75) is 12.4 Å². The van der Waals surface area contributed by atoms with E-state index >= 15 is 0 Å². The molecule has 0 unspecified atom stereocenters. The van der Waals surface area contributed by atoms with Crippen LogP contribution in [0.3, 0.4) is 0 Å². The van der Waals surface area contributed by atoms with Gasteiger partial charge in [0.15, 0.2) is 0 Å². The fraction of sp³-hybridized carbons (Fsp3) is 0.0417. The number of nitrogens with zero attached hydrogens (tertiary/aromatic N) is 8. The lowest BCUT2D eigenvalue weighted by Crippen LogP contribution is -2.05. The molecule has 0 atom stereocenters. The van der Waals surface area contributed by atoms with Gasteiger partial charge in [-0.3, -0.25) is 0 Å². The van der Waals surface area contributed by atoms with Gasteiger partial charge in [0.05, 0.1) is 56.4 Å². The summed E-state index contributed by atoms with van der Waals surface area (Å²) in [5.74, 6) is -2.27. The molecule has 0 aliphatic heterocycles. The van der Waals surface area contributed by atoms with E-state index in [0.717, 1.165) is 24.3 Å². The second-order valence-electron chi connectivity index (χ2n) is 14.5. The first-order valence-corrected chi connectivity index (χ1v) is 19.9. The van der Waals surface area contributed by atoms with Crippen molar-refractivity contribution in [1.29, 1.82) is 0 Å². The highest BCUT2D eigenvalue weighted by Crippen LogP contribution is 2.39. The summed E-state index contributed by atoms with van der Waals surface area (Å²) in [4.78, 5) is 41.7. The molecule has 2 aromatic heterocycles. The second kappa shape index (κ2) is 19.1. The fourth-order valence-corrected chi connectivity index (χ4v) is 6.57. The molecule has 2 heterocycles. The van der Waals surface area contributed by atoms with Gasteiger partial charge in [-0.1, -0.05) is 30.3 Å². The van der Waals surface area contributed by atoms with Crippen molar-refractivity contribution >= 4 is 58.0 Å². The molecule has 0 amide bonds. The Morgan fingerprint density at radius 3 is 1.54 bits per heavy atom. The Bertz CT molecular complexity index is 3220. The molecular weight excluding hydrogens is 895 g/mol. The number of rotatable bonds is 13. The van der Waals surface area contributed by atoms with Gasteiger partial charge in [-0.05, 0) is 126 Å². The van der Waals surface area contributed by atoms with Crippen molar-refractivity contribution < 1.29 is 46.1 Å². The van der Waals surface area contributed by atoms with Gasteiger partial charge in [0.1, 0.15) is 0 Å². The monoisotopic (exact) mass is 924 g/mol. The van der Waals surface area contributed by atoms with Crippen LogP contribution in [0, 0.1) is 0 Å². The van der Waals surface area contributed by atoms with Crippen LogP contribution in [-0.4, -0.2) is 42.1 Å². The number of carboxylic acids is 2. The number of halogens is 6. The molecule has 0 radical (unpaired) electrons. The van der Waals surface area contributed by atoms with Gasteiger partial charge in [0.25, 0.3) is 0 Å². The lowest BCUT2D eigenvalue weighted by molar-refractivity contribution is -0.138. The molecule has 8 rings (SSSR count). The third-order valence-corrected chi connectivity index (χ3v) is 9.91. The Morgan fingerprint density at radius 1 is 0.485 bits per heavy atom. The molecule has 20 heteroatoms. The van der Waals surface area contributed by atoms with Crippen LogP contribution in [0.4, 0.5) is 72.4 Å². The summed E-state index contributed by atoms with van der Waals surface area (Å²) in [6.45, 7) is 0. The summed E-state index contributed by atoms with van der Waals surface area (Å²) in [6, 6.07) is 33.6. The van der Waals surface area contributed by atoms with E-state index in [-0.39, 0.29) is 51.3 Å². The molecule has 338 valence electrons. The molecule has 0 spiro atoms. The first-order valence-electron chi connectivity index (χ1n) is 19.9. The maximum absolute atomic E-state index is 13.2. The predicted octanol–water partition coefficient (Wildman–Crippen LogP) is 14.0. The van der Waals surface area contributed by atoms with Crippen LogP contribution in [0.1, 0.15) is 31.8 Å². The molecular formula is C48H30F6N10O4. The third-order valence-electron chi connectivity index (χ3n) is 9.91. The SMILES string of the molecule is O=C(O)c1ccc(/N=N/c2ccc(-c3ccc(/N=N/c4ccccc4-c4ccnc(Nc5ccc(C(F)(F)F)cc5)n4)cc3C(=O)O)cc2-c2ccnc(Nc3ccc(C(F)(F)F)cc3)n2)cc1. The predicted molar refractivity (Wildman–Crippen MR) is 239 cm³/mol. The molecule has 0 bridgehead atoms. The first-order chi connectivity index (χ1) is 32.6. The molecule has 0 saturated heterocycles. The topological polar surface area (TPSA) is 200 Å². The van der Waals surface area contributed by atoms with Gasteiger partial charge in [0, 0.05) is 34.9 Å². The van der Waals surface area contributed by atoms with E-state index in [0.29, 0.717) is 39.4 Å². The van der Waals surface area contributed by atoms with Crippen molar-refractivity contribution in [2.24, 2.45) is 20.5 Å². The van der Waals surface area contributed by atoms with Crippen molar-refractivity contribution in [3.8, 4) is 33.6 Å². The van der Waals surface area contributed by atoms with Crippen molar-refractivity contribution in [3.63, 3.8) is 0 Å². The molecule has 0 saturated carbocycles.